The summed E-state index contributed by atoms with van der Waals surface area (Å²) in [5.41, 5.74) is -0.927. The van der Waals surface area contributed by atoms with Gasteiger partial charge in [-0.15, -0.1) is 0 Å². The Bertz CT molecular complexity index is 1190. The predicted octanol–water partition coefficient (Wildman–Crippen LogP) is 1.57. The molecule has 2 fully saturated rings. The zero-order valence-electron chi connectivity index (χ0n) is 19.0. The van der Waals surface area contributed by atoms with Gasteiger partial charge < -0.3 is 24.3 Å². The zero-order chi connectivity index (χ0) is 25.3. The third-order valence-corrected chi connectivity index (χ3v) is 5.97. The molecular weight excluding hydrogens is 466 g/mol. The van der Waals surface area contributed by atoms with Crippen LogP contribution >= 0.6 is 0 Å². The second-order valence-electron chi connectivity index (χ2n) is 8.22. The molecule has 35 heavy (non-hydrogen) atoms. The monoisotopic (exact) mass is 488 g/mol. The lowest BCUT2D eigenvalue weighted by atomic mass is 9.92. The van der Waals surface area contributed by atoms with E-state index in [2.05, 4.69) is 15.0 Å². The molecule has 184 valence electrons. The Morgan fingerprint density at radius 3 is 2.51 bits per heavy atom. The summed E-state index contributed by atoms with van der Waals surface area (Å²) in [6, 6.07) is 6.60. The van der Waals surface area contributed by atoms with Gasteiger partial charge in [0, 0.05) is 33.1 Å². The molecule has 3 heterocycles. The molecule has 0 saturated carbocycles. The number of urea groups is 1. The number of hydrogen-bond acceptors (Lipinski definition) is 8. The first-order valence-electron chi connectivity index (χ1n) is 10.7. The highest BCUT2D eigenvalue weighted by atomic mass is 19.3. The molecule has 0 aliphatic carbocycles. The van der Waals surface area contributed by atoms with E-state index in [-0.39, 0.29) is 11.4 Å². The van der Waals surface area contributed by atoms with Crippen molar-refractivity contribution in [2.45, 2.75) is 26.0 Å². The van der Waals surface area contributed by atoms with Crippen molar-refractivity contribution in [3.63, 3.8) is 0 Å². The number of nitrogens with zero attached hydrogens (tertiary/aromatic N) is 5. The van der Waals surface area contributed by atoms with Crippen LogP contribution in [0.4, 0.5) is 19.5 Å². The number of ether oxygens (including phenoxy) is 1. The van der Waals surface area contributed by atoms with Crippen molar-refractivity contribution < 1.29 is 32.3 Å². The summed E-state index contributed by atoms with van der Waals surface area (Å²) >= 11 is 0. The highest BCUT2D eigenvalue weighted by Crippen LogP contribution is 2.30. The average molecular weight is 488 g/mol. The van der Waals surface area contributed by atoms with Gasteiger partial charge in [0.05, 0.1) is 0 Å². The minimum Gasteiger partial charge on any atom is -0.435 e. The summed E-state index contributed by atoms with van der Waals surface area (Å²) in [6.07, 6.45) is 0. The lowest BCUT2D eigenvalue weighted by Gasteiger charge is -2.35. The van der Waals surface area contributed by atoms with Crippen LogP contribution in [0.3, 0.4) is 0 Å². The van der Waals surface area contributed by atoms with E-state index in [1.165, 1.54) is 36.1 Å². The minimum atomic E-state index is -2.99. The van der Waals surface area contributed by atoms with Crippen molar-refractivity contribution in [3.05, 3.63) is 41.4 Å². The first-order valence-corrected chi connectivity index (χ1v) is 10.7. The number of rotatable bonds is 6. The second kappa shape index (κ2) is 9.21. The number of carbonyl (C=O) groups excluding carboxylic acids is 3. The van der Waals surface area contributed by atoms with E-state index in [1.54, 1.807) is 6.92 Å². The maximum atomic E-state index is 13.1. The van der Waals surface area contributed by atoms with E-state index < -0.39 is 36.5 Å². The first kappa shape index (κ1) is 23.9. The van der Waals surface area contributed by atoms with Crippen molar-refractivity contribution in [2.24, 2.45) is 0 Å². The van der Waals surface area contributed by atoms with Crippen LogP contribution in [0.1, 0.15) is 24.1 Å². The Balaban J connectivity index is 1.39. The standard InChI is InChI=1S/C22H22F2N6O5/c1-13-26-16(11-25)18(34-13)29-9-7-28(8-10-29)17(31)12-30-19(32)22(2,27-21(30)33)14-3-5-15(6-4-14)35-20(23)24/h3-6,20H,7-10,12H2,1-2H3,(H,27,33). The van der Waals surface area contributed by atoms with Crippen LogP contribution in [0.2, 0.25) is 0 Å². The molecule has 1 N–H and O–H groups in total. The fourth-order valence-electron chi connectivity index (χ4n) is 4.10. The number of aromatic nitrogens is 1. The highest BCUT2D eigenvalue weighted by molar-refractivity contribution is 6.09. The number of benzene rings is 1. The van der Waals surface area contributed by atoms with Gasteiger partial charge in [0.1, 0.15) is 23.9 Å². The van der Waals surface area contributed by atoms with Gasteiger partial charge in [-0.25, -0.2) is 9.78 Å². The van der Waals surface area contributed by atoms with E-state index in [9.17, 15) is 28.4 Å². The smallest absolute Gasteiger partial charge is 0.387 e. The highest BCUT2D eigenvalue weighted by Gasteiger charge is 2.49. The molecular formula is C22H22F2N6O5. The molecule has 2 aliphatic heterocycles. The number of hydrogen-bond donors (Lipinski definition) is 1. The van der Waals surface area contributed by atoms with Crippen LogP contribution in [0.15, 0.2) is 28.7 Å². The Hall–Kier alpha value is -4.21. The molecule has 1 unspecified atom stereocenters. The number of aryl methyl sites for hydroxylation is 1. The number of imide groups is 1. The van der Waals surface area contributed by atoms with Crippen LogP contribution < -0.4 is 15.0 Å². The van der Waals surface area contributed by atoms with E-state index in [0.717, 1.165) is 4.90 Å². The van der Waals surface area contributed by atoms with Gasteiger partial charge >= 0.3 is 12.6 Å². The summed E-state index contributed by atoms with van der Waals surface area (Å²) in [4.78, 5) is 46.7. The molecule has 13 heteroatoms. The van der Waals surface area contributed by atoms with Crippen LogP contribution in [-0.2, 0) is 15.1 Å². The van der Waals surface area contributed by atoms with Crippen LogP contribution in [-0.4, -0.2) is 72.0 Å². The number of carbonyl (C=O) groups is 3. The molecule has 2 aromatic rings. The molecule has 11 nitrogen and oxygen atoms in total. The first-order chi connectivity index (χ1) is 16.6. The van der Waals surface area contributed by atoms with Crippen molar-refractivity contribution in [2.75, 3.05) is 37.6 Å². The number of alkyl halides is 2. The number of halogens is 2. The SMILES string of the molecule is Cc1nc(C#N)c(N2CCN(C(=O)CN3C(=O)NC(C)(c4ccc(OC(F)F)cc4)C3=O)CC2)o1. The maximum absolute atomic E-state index is 13.1. The average Bonchev–Trinajstić information content (AvgIpc) is 3.31. The molecule has 2 saturated heterocycles. The molecule has 1 aromatic carbocycles. The molecule has 4 amide bonds. The van der Waals surface area contributed by atoms with Crippen LogP contribution in [0.5, 0.6) is 5.75 Å². The summed E-state index contributed by atoms with van der Waals surface area (Å²) in [5, 5.41) is 11.8. The number of amides is 4. The van der Waals surface area contributed by atoms with Gasteiger partial charge in [-0.2, -0.15) is 14.0 Å². The second-order valence-corrected chi connectivity index (χ2v) is 8.22. The summed E-state index contributed by atoms with van der Waals surface area (Å²) in [7, 11) is 0. The third-order valence-electron chi connectivity index (χ3n) is 5.97. The Kier molecular flexibility index (Phi) is 6.29. The fourth-order valence-corrected chi connectivity index (χ4v) is 4.10. The summed E-state index contributed by atoms with van der Waals surface area (Å²) in [5.74, 6) is -0.405. The van der Waals surface area contributed by atoms with Crippen molar-refractivity contribution >= 4 is 23.7 Å². The largest absolute Gasteiger partial charge is 0.435 e. The van der Waals surface area contributed by atoms with Gasteiger partial charge in [0.25, 0.3) is 5.91 Å². The number of anilines is 1. The quantitative estimate of drug-likeness (QED) is 0.606. The van der Waals surface area contributed by atoms with Gasteiger partial charge in [-0.3, -0.25) is 14.5 Å². The summed E-state index contributed by atoms with van der Waals surface area (Å²) < 4.78 is 34.6. The van der Waals surface area contributed by atoms with Crippen molar-refractivity contribution in [1.29, 1.82) is 5.26 Å². The Labute approximate surface area is 198 Å². The maximum Gasteiger partial charge on any atom is 0.387 e. The summed E-state index contributed by atoms with van der Waals surface area (Å²) in [6.45, 7) is 1.07. The predicted molar refractivity (Wildman–Crippen MR) is 115 cm³/mol. The van der Waals surface area contributed by atoms with Gasteiger partial charge in [-0.1, -0.05) is 12.1 Å². The molecule has 0 spiro atoms. The van der Waals surface area contributed by atoms with Crippen LogP contribution in [0, 0.1) is 18.3 Å². The molecule has 1 atom stereocenters. The molecule has 1 aromatic heterocycles. The Morgan fingerprint density at radius 1 is 1.26 bits per heavy atom. The van der Waals surface area contributed by atoms with Crippen molar-refractivity contribution in [3.8, 4) is 11.8 Å². The van der Waals surface area contributed by atoms with Gasteiger partial charge in [-0.05, 0) is 24.6 Å². The molecule has 4 rings (SSSR count). The van der Waals surface area contributed by atoms with E-state index in [4.69, 9.17) is 4.42 Å². The number of nitrogens with one attached hydrogen (secondary N) is 1. The number of nitriles is 1. The topological polar surface area (TPSA) is 132 Å². The fraction of sp³-hybridized carbons (Fsp3) is 0.409. The van der Waals surface area contributed by atoms with Gasteiger partial charge in [0.2, 0.25) is 17.5 Å². The normalized spacial score (nSPS) is 20.3. The third kappa shape index (κ3) is 4.59. The number of piperazine rings is 1. The number of oxazole rings is 1. The van der Waals surface area contributed by atoms with E-state index in [0.29, 0.717) is 43.5 Å². The molecule has 0 radical (unpaired) electrons. The molecule has 0 bridgehead atoms. The van der Waals surface area contributed by atoms with E-state index in [1.807, 2.05) is 11.0 Å². The minimum absolute atomic E-state index is 0.0855. The van der Waals surface area contributed by atoms with E-state index >= 15 is 0 Å². The zero-order valence-corrected chi connectivity index (χ0v) is 19.0. The Morgan fingerprint density at radius 2 is 1.91 bits per heavy atom. The van der Waals surface area contributed by atoms with Gasteiger partial charge in [0.15, 0.2) is 5.89 Å². The lowest BCUT2D eigenvalue weighted by molar-refractivity contribution is -0.139. The molecule has 2 aliphatic rings. The van der Waals surface area contributed by atoms with Crippen molar-refractivity contribution in [1.82, 2.24) is 20.1 Å². The van der Waals surface area contributed by atoms with Crippen LogP contribution in [0.25, 0.3) is 0 Å². The lowest BCUT2D eigenvalue weighted by Crippen LogP contribution is -2.52.